The molecule has 0 bridgehead atoms. The van der Waals surface area contributed by atoms with Gasteiger partial charge in [0.25, 0.3) is 5.56 Å². The van der Waals surface area contributed by atoms with Crippen LogP contribution in [0.3, 0.4) is 0 Å². The molecule has 0 aromatic carbocycles. The summed E-state index contributed by atoms with van der Waals surface area (Å²) in [4.78, 5) is 17.2. The molecule has 1 aromatic heterocycles. The van der Waals surface area contributed by atoms with Crippen LogP contribution < -0.4 is 10.9 Å². The minimum absolute atomic E-state index is 0.128. The van der Waals surface area contributed by atoms with Gasteiger partial charge in [-0.2, -0.15) is 11.8 Å². The maximum atomic E-state index is 10.8. The lowest BCUT2D eigenvalue weighted by Crippen LogP contribution is -2.10. The van der Waals surface area contributed by atoms with Gasteiger partial charge < -0.3 is 10.3 Å². The van der Waals surface area contributed by atoms with Crippen molar-refractivity contribution in [3.63, 3.8) is 0 Å². The molecule has 0 amide bonds. The number of hydrogen-bond acceptors (Lipinski definition) is 4. The predicted octanol–water partition coefficient (Wildman–Crippen LogP) is 0.545. The molecule has 0 aliphatic heterocycles. The van der Waals surface area contributed by atoms with E-state index in [1.54, 1.807) is 11.8 Å². The highest BCUT2D eigenvalue weighted by Crippen LogP contribution is 1.96. The van der Waals surface area contributed by atoms with Gasteiger partial charge in [-0.1, -0.05) is 0 Å². The van der Waals surface area contributed by atoms with Crippen LogP contribution in [0.1, 0.15) is 0 Å². The van der Waals surface area contributed by atoms with Gasteiger partial charge in [-0.25, -0.2) is 4.98 Å². The van der Waals surface area contributed by atoms with Crippen molar-refractivity contribution in [1.29, 1.82) is 0 Å². The second kappa shape index (κ2) is 4.82. The maximum Gasteiger partial charge on any atom is 0.252 e. The summed E-state index contributed by atoms with van der Waals surface area (Å²) in [6.07, 6.45) is 3.43. The van der Waals surface area contributed by atoms with E-state index in [-0.39, 0.29) is 5.56 Å². The lowest BCUT2D eigenvalue weighted by Gasteiger charge is -2.01. The molecule has 0 saturated heterocycles. The molecule has 0 saturated carbocycles. The average molecular weight is 185 g/mol. The van der Waals surface area contributed by atoms with E-state index in [1.807, 2.05) is 6.26 Å². The van der Waals surface area contributed by atoms with Gasteiger partial charge in [0.2, 0.25) is 0 Å². The number of hydrogen-bond donors (Lipinski definition) is 2. The zero-order valence-electron chi connectivity index (χ0n) is 6.83. The molecule has 0 atom stereocenters. The summed E-state index contributed by atoms with van der Waals surface area (Å²) in [6, 6.07) is 1.44. The monoisotopic (exact) mass is 185 g/mol. The molecule has 1 heterocycles. The topological polar surface area (TPSA) is 57.8 Å². The Hall–Kier alpha value is -0.970. The van der Waals surface area contributed by atoms with E-state index in [4.69, 9.17) is 0 Å². The fourth-order valence-corrected chi connectivity index (χ4v) is 1.05. The van der Waals surface area contributed by atoms with Gasteiger partial charge in [0.05, 0.1) is 6.33 Å². The van der Waals surface area contributed by atoms with Crippen LogP contribution >= 0.6 is 11.8 Å². The average Bonchev–Trinajstić information content (AvgIpc) is 2.05. The lowest BCUT2D eigenvalue weighted by molar-refractivity contribution is 1.09. The highest BCUT2D eigenvalue weighted by molar-refractivity contribution is 7.98. The fraction of sp³-hybridized carbons (Fsp3) is 0.429. The molecule has 12 heavy (non-hydrogen) atoms. The third kappa shape index (κ3) is 2.96. The van der Waals surface area contributed by atoms with Crippen LogP contribution in [0.15, 0.2) is 17.2 Å². The van der Waals surface area contributed by atoms with E-state index in [1.165, 1.54) is 12.4 Å². The van der Waals surface area contributed by atoms with Crippen molar-refractivity contribution < 1.29 is 0 Å². The Bertz CT molecular complexity index is 286. The third-order valence-electron chi connectivity index (χ3n) is 1.29. The van der Waals surface area contributed by atoms with Gasteiger partial charge >= 0.3 is 0 Å². The standard InChI is InChI=1S/C7H11N3OS/c1-12-3-2-8-6-4-7(11)10-5-9-6/h4-5H,2-3H2,1H3,(H2,8,9,10,11). The smallest absolute Gasteiger partial charge is 0.252 e. The number of thioether (sulfide) groups is 1. The van der Waals surface area contributed by atoms with Crippen molar-refractivity contribution >= 4 is 17.6 Å². The number of nitrogens with zero attached hydrogens (tertiary/aromatic N) is 1. The number of rotatable bonds is 4. The van der Waals surface area contributed by atoms with Gasteiger partial charge in [0.1, 0.15) is 5.82 Å². The van der Waals surface area contributed by atoms with E-state index in [2.05, 4.69) is 15.3 Å². The highest BCUT2D eigenvalue weighted by Gasteiger charge is 1.91. The highest BCUT2D eigenvalue weighted by atomic mass is 32.2. The molecule has 5 heteroatoms. The zero-order chi connectivity index (χ0) is 8.81. The summed E-state index contributed by atoms with van der Waals surface area (Å²) in [5.41, 5.74) is -0.128. The van der Waals surface area contributed by atoms with Gasteiger partial charge in [-0.3, -0.25) is 4.79 Å². The molecule has 0 spiro atoms. The van der Waals surface area contributed by atoms with E-state index < -0.39 is 0 Å². The number of nitrogens with one attached hydrogen (secondary N) is 2. The molecule has 0 aliphatic rings. The van der Waals surface area contributed by atoms with Crippen molar-refractivity contribution in [2.24, 2.45) is 0 Å². The molecule has 2 N–H and O–H groups in total. The second-order valence-electron chi connectivity index (χ2n) is 2.22. The molecule has 0 fully saturated rings. The van der Waals surface area contributed by atoms with Crippen molar-refractivity contribution in [3.8, 4) is 0 Å². The van der Waals surface area contributed by atoms with Crippen molar-refractivity contribution in [3.05, 3.63) is 22.7 Å². The second-order valence-corrected chi connectivity index (χ2v) is 3.20. The maximum absolute atomic E-state index is 10.8. The minimum atomic E-state index is -0.128. The molecule has 1 rings (SSSR count). The van der Waals surface area contributed by atoms with Crippen LogP contribution in [0.4, 0.5) is 5.82 Å². The predicted molar refractivity (Wildman–Crippen MR) is 51.7 cm³/mol. The summed E-state index contributed by atoms with van der Waals surface area (Å²) in [5.74, 6) is 1.64. The number of aromatic nitrogens is 2. The first kappa shape index (κ1) is 9.12. The van der Waals surface area contributed by atoms with Gasteiger partial charge in [0.15, 0.2) is 0 Å². The van der Waals surface area contributed by atoms with Crippen LogP contribution in [-0.2, 0) is 0 Å². The molecule has 0 radical (unpaired) electrons. The summed E-state index contributed by atoms with van der Waals surface area (Å²) < 4.78 is 0. The van der Waals surface area contributed by atoms with E-state index in [0.717, 1.165) is 12.3 Å². The lowest BCUT2D eigenvalue weighted by atomic mass is 10.5. The Kier molecular flexibility index (Phi) is 3.66. The van der Waals surface area contributed by atoms with E-state index >= 15 is 0 Å². The normalized spacial score (nSPS) is 9.75. The molecule has 0 unspecified atom stereocenters. The Morgan fingerprint density at radius 1 is 1.75 bits per heavy atom. The first-order chi connectivity index (χ1) is 5.83. The van der Waals surface area contributed by atoms with Gasteiger partial charge in [-0.05, 0) is 6.26 Å². The molecule has 4 nitrogen and oxygen atoms in total. The Labute approximate surface area is 74.8 Å². The number of anilines is 1. The van der Waals surface area contributed by atoms with Crippen molar-refractivity contribution in [2.75, 3.05) is 23.9 Å². The SMILES string of the molecule is CSCCNc1cc(=O)[nH]cn1. The van der Waals surface area contributed by atoms with Gasteiger partial charge in [-0.15, -0.1) is 0 Å². The van der Waals surface area contributed by atoms with Crippen LogP contribution in [0, 0.1) is 0 Å². The van der Waals surface area contributed by atoms with Crippen molar-refractivity contribution in [2.45, 2.75) is 0 Å². The molecular formula is C7H11N3OS. The summed E-state index contributed by atoms with van der Waals surface area (Å²) in [6.45, 7) is 0.831. The fourth-order valence-electron chi connectivity index (χ4n) is 0.746. The Morgan fingerprint density at radius 2 is 2.58 bits per heavy atom. The summed E-state index contributed by atoms with van der Waals surface area (Å²) in [5, 5.41) is 3.03. The molecule has 66 valence electrons. The summed E-state index contributed by atoms with van der Waals surface area (Å²) in [7, 11) is 0. The first-order valence-corrected chi connectivity index (χ1v) is 5.00. The molecule has 0 aliphatic carbocycles. The molecular weight excluding hydrogens is 174 g/mol. The number of aromatic amines is 1. The van der Waals surface area contributed by atoms with Crippen LogP contribution in [0.25, 0.3) is 0 Å². The zero-order valence-corrected chi connectivity index (χ0v) is 7.65. The Morgan fingerprint density at radius 3 is 3.25 bits per heavy atom. The largest absolute Gasteiger partial charge is 0.369 e. The van der Waals surface area contributed by atoms with Crippen LogP contribution in [0.2, 0.25) is 0 Å². The molecule has 1 aromatic rings. The quantitative estimate of drug-likeness (QED) is 0.672. The summed E-state index contributed by atoms with van der Waals surface area (Å²) >= 11 is 1.75. The van der Waals surface area contributed by atoms with E-state index in [9.17, 15) is 4.79 Å². The Balaban J connectivity index is 2.47. The van der Waals surface area contributed by atoms with Gasteiger partial charge in [0, 0.05) is 18.4 Å². The van der Waals surface area contributed by atoms with Crippen molar-refractivity contribution in [1.82, 2.24) is 9.97 Å². The third-order valence-corrected chi connectivity index (χ3v) is 1.90. The van der Waals surface area contributed by atoms with Crippen LogP contribution in [-0.4, -0.2) is 28.5 Å². The first-order valence-electron chi connectivity index (χ1n) is 3.60. The van der Waals surface area contributed by atoms with Crippen LogP contribution in [0.5, 0.6) is 0 Å². The number of H-pyrrole nitrogens is 1. The van der Waals surface area contributed by atoms with E-state index in [0.29, 0.717) is 5.82 Å². The minimum Gasteiger partial charge on any atom is -0.369 e.